The van der Waals surface area contributed by atoms with Crippen LogP contribution in [0.3, 0.4) is 0 Å². The average Bonchev–Trinajstić information content (AvgIpc) is 3.20. The lowest BCUT2D eigenvalue weighted by Crippen LogP contribution is -2.36. The lowest BCUT2D eigenvalue weighted by molar-refractivity contribution is 0.102. The van der Waals surface area contributed by atoms with Crippen LogP contribution in [-0.2, 0) is 11.2 Å². The molecule has 0 radical (unpaired) electrons. The van der Waals surface area contributed by atoms with Gasteiger partial charge in [0.25, 0.3) is 5.91 Å². The summed E-state index contributed by atoms with van der Waals surface area (Å²) in [6.07, 6.45) is 3.79. The highest BCUT2D eigenvalue weighted by Crippen LogP contribution is 2.19. The first kappa shape index (κ1) is 19.1. The zero-order valence-corrected chi connectivity index (χ0v) is 16.1. The van der Waals surface area contributed by atoms with Crippen LogP contribution in [0, 0.1) is 5.82 Å². The molecule has 150 valence electrons. The summed E-state index contributed by atoms with van der Waals surface area (Å²) in [5, 5.41) is 7.20. The van der Waals surface area contributed by atoms with Gasteiger partial charge < -0.3 is 15.0 Å². The topological polar surface area (TPSA) is 72.3 Å². The van der Waals surface area contributed by atoms with Gasteiger partial charge in [-0.15, -0.1) is 0 Å². The van der Waals surface area contributed by atoms with Gasteiger partial charge in [-0.2, -0.15) is 5.10 Å². The maximum Gasteiger partial charge on any atom is 0.259 e. The number of benzene rings is 1. The molecule has 3 aromatic rings. The van der Waals surface area contributed by atoms with Crippen LogP contribution < -0.4 is 10.2 Å². The Labute approximate surface area is 168 Å². The van der Waals surface area contributed by atoms with E-state index in [2.05, 4.69) is 20.3 Å². The highest BCUT2D eigenvalue weighted by Gasteiger charge is 2.18. The van der Waals surface area contributed by atoms with Crippen molar-refractivity contribution in [2.45, 2.75) is 13.3 Å². The third-order valence-electron chi connectivity index (χ3n) is 4.86. The molecule has 1 N–H and O–H groups in total. The number of hydrogen-bond donors (Lipinski definition) is 1. The van der Waals surface area contributed by atoms with Crippen LogP contribution in [0.2, 0.25) is 0 Å². The molecule has 0 saturated carbocycles. The Bertz CT molecular complexity index is 979. The Morgan fingerprint density at radius 2 is 1.90 bits per heavy atom. The van der Waals surface area contributed by atoms with Crippen LogP contribution in [0.1, 0.15) is 23.0 Å². The molecule has 0 bridgehead atoms. The van der Waals surface area contributed by atoms with Crippen molar-refractivity contribution in [2.24, 2.45) is 0 Å². The van der Waals surface area contributed by atoms with Gasteiger partial charge in [-0.05, 0) is 42.8 Å². The zero-order chi connectivity index (χ0) is 20.2. The second-order valence-corrected chi connectivity index (χ2v) is 6.71. The summed E-state index contributed by atoms with van der Waals surface area (Å²) >= 11 is 0. The van der Waals surface area contributed by atoms with Crippen LogP contribution in [0.4, 0.5) is 15.9 Å². The zero-order valence-electron chi connectivity index (χ0n) is 16.1. The first-order valence-electron chi connectivity index (χ1n) is 9.58. The minimum Gasteiger partial charge on any atom is -0.378 e. The van der Waals surface area contributed by atoms with Crippen molar-refractivity contribution in [1.82, 2.24) is 14.8 Å². The summed E-state index contributed by atoms with van der Waals surface area (Å²) in [6, 6.07) is 9.75. The highest BCUT2D eigenvalue weighted by atomic mass is 19.1. The van der Waals surface area contributed by atoms with Gasteiger partial charge in [0.05, 0.1) is 48.2 Å². The van der Waals surface area contributed by atoms with E-state index in [1.54, 1.807) is 23.0 Å². The molecule has 2 aromatic heterocycles. The number of anilines is 2. The number of ether oxygens (including phenoxy) is 1. The summed E-state index contributed by atoms with van der Waals surface area (Å²) < 4.78 is 20.2. The summed E-state index contributed by atoms with van der Waals surface area (Å²) in [6.45, 7) is 4.95. The van der Waals surface area contributed by atoms with Gasteiger partial charge in [-0.3, -0.25) is 4.79 Å². The fourth-order valence-corrected chi connectivity index (χ4v) is 3.35. The molecule has 4 rings (SSSR count). The first-order chi connectivity index (χ1) is 14.2. The van der Waals surface area contributed by atoms with E-state index in [9.17, 15) is 9.18 Å². The highest BCUT2D eigenvalue weighted by molar-refractivity contribution is 6.05. The summed E-state index contributed by atoms with van der Waals surface area (Å²) in [5.74, 6) is 0.297. The molecule has 1 aliphatic rings. The van der Waals surface area contributed by atoms with E-state index < -0.39 is 0 Å². The van der Waals surface area contributed by atoms with Crippen LogP contribution >= 0.6 is 0 Å². The lowest BCUT2D eigenvalue weighted by atomic mass is 10.2. The number of nitrogens with one attached hydrogen (secondary N) is 1. The minimum absolute atomic E-state index is 0.254. The number of amides is 1. The molecule has 7 nitrogen and oxygen atoms in total. The lowest BCUT2D eigenvalue weighted by Gasteiger charge is -2.27. The van der Waals surface area contributed by atoms with Gasteiger partial charge in [0.15, 0.2) is 0 Å². The number of hydrogen-bond acceptors (Lipinski definition) is 5. The van der Waals surface area contributed by atoms with Crippen LogP contribution in [0.15, 0.2) is 48.8 Å². The van der Waals surface area contributed by atoms with Crippen LogP contribution in [0.25, 0.3) is 5.69 Å². The molecule has 3 heterocycles. The molecule has 1 aliphatic heterocycles. The van der Waals surface area contributed by atoms with Gasteiger partial charge >= 0.3 is 0 Å². The number of morpholine rings is 1. The van der Waals surface area contributed by atoms with E-state index in [0.29, 0.717) is 36.6 Å². The normalized spacial score (nSPS) is 14.1. The summed E-state index contributed by atoms with van der Waals surface area (Å²) in [7, 11) is 0. The summed E-state index contributed by atoms with van der Waals surface area (Å²) in [4.78, 5) is 19.4. The molecule has 29 heavy (non-hydrogen) atoms. The van der Waals surface area contributed by atoms with Crippen molar-refractivity contribution < 1.29 is 13.9 Å². The van der Waals surface area contributed by atoms with Gasteiger partial charge in [0.2, 0.25) is 0 Å². The second kappa shape index (κ2) is 8.40. The van der Waals surface area contributed by atoms with E-state index in [4.69, 9.17) is 4.74 Å². The molecule has 1 amide bonds. The number of pyridine rings is 1. The average molecular weight is 395 g/mol. The SMILES string of the molecule is CCc1c(C(=O)Nc2ccc(N3CCOCC3)nc2)cnn1-c1ccc(F)cc1. The Morgan fingerprint density at radius 3 is 2.55 bits per heavy atom. The van der Waals surface area contributed by atoms with Gasteiger partial charge in [-0.25, -0.2) is 14.1 Å². The molecule has 0 spiro atoms. The predicted molar refractivity (Wildman–Crippen MR) is 108 cm³/mol. The third kappa shape index (κ3) is 4.12. The monoisotopic (exact) mass is 395 g/mol. The van der Waals surface area contributed by atoms with Crippen molar-refractivity contribution in [1.29, 1.82) is 0 Å². The van der Waals surface area contributed by atoms with Crippen LogP contribution in [-0.4, -0.2) is 47.0 Å². The Hall–Kier alpha value is -3.26. The van der Waals surface area contributed by atoms with Gasteiger partial charge in [-0.1, -0.05) is 6.92 Å². The third-order valence-corrected chi connectivity index (χ3v) is 4.86. The van der Waals surface area contributed by atoms with E-state index >= 15 is 0 Å². The van der Waals surface area contributed by atoms with Crippen LogP contribution in [0.5, 0.6) is 0 Å². The number of aromatic nitrogens is 3. The van der Waals surface area contributed by atoms with Gasteiger partial charge in [0, 0.05) is 13.1 Å². The summed E-state index contributed by atoms with van der Waals surface area (Å²) in [5.41, 5.74) is 2.56. The van der Waals surface area contributed by atoms with Crippen molar-refractivity contribution in [3.8, 4) is 5.69 Å². The Morgan fingerprint density at radius 1 is 1.14 bits per heavy atom. The molecule has 8 heteroatoms. The smallest absolute Gasteiger partial charge is 0.259 e. The molecular formula is C21H22FN5O2. The molecule has 1 aromatic carbocycles. The molecular weight excluding hydrogens is 373 g/mol. The number of carbonyl (C=O) groups is 1. The number of rotatable bonds is 5. The van der Waals surface area contributed by atoms with Crippen molar-refractivity contribution in [3.63, 3.8) is 0 Å². The molecule has 0 atom stereocenters. The Balaban J connectivity index is 1.50. The maximum atomic E-state index is 13.2. The number of carbonyl (C=O) groups excluding carboxylic acids is 1. The molecule has 0 aliphatic carbocycles. The first-order valence-corrected chi connectivity index (χ1v) is 9.58. The van der Waals surface area contributed by atoms with E-state index in [1.165, 1.54) is 18.3 Å². The quantitative estimate of drug-likeness (QED) is 0.719. The van der Waals surface area contributed by atoms with E-state index in [0.717, 1.165) is 24.6 Å². The molecule has 1 fully saturated rings. The number of halogens is 1. The van der Waals surface area contributed by atoms with Gasteiger partial charge in [0.1, 0.15) is 11.6 Å². The fourth-order valence-electron chi connectivity index (χ4n) is 3.35. The largest absolute Gasteiger partial charge is 0.378 e. The Kier molecular flexibility index (Phi) is 5.53. The minimum atomic E-state index is -0.315. The van der Waals surface area contributed by atoms with Crippen molar-refractivity contribution in [3.05, 3.63) is 65.9 Å². The van der Waals surface area contributed by atoms with E-state index in [1.807, 2.05) is 19.1 Å². The molecule has 1 saturated heterocycles. The molecule has 0 unspecified atom stereocenters. The standard InChI is InChI=1S/C21H22FN5O2/c1-2-19-18(14-24-27(19)17-6-3-15(22)4-7-17)21(28)25-16-5-8-20(23-13-16)26-9-11-29-12-10-26/h3-8,13-14H,2,9-12H2,1H3,(H,25,28). The van der Waals surface area contributed by atoms with Crippen molar-refractivity contribution >= 4 is 17.4 Å². The predicted octanol–water partition coefficient (Wildman–Crippen LogP) is 3.06. The second-order valence-electron chi connectivity index (χ2n) is 6.71. The van der Waals surface area contributed by atoms with E-state index in [-0.39, 0.29) is 11.7 Å². The number of nitrogens with zero attached hydrogens (tertiary/aromatic N) is 4. The van der Waals surface area contributed by atoms with Crippen molar-refractivity contribution in [2.75, 3.05) is 36.5 Å². The maximum absolute atomic E-state index is 13.2. The fraction of sp³-hybridized carbons (Fsp3) is 0.286.